The normalized spacial score (nSPS) is 18.1. The van der Waals surface area contributed by atoms with Crippen LogP contribution in [0.2, 0.25) is 0 Å². The molecule has 9 heteroatoms. The molecule has 5 rings (SSSR count). The summed E-state index contributed by atoms with van der Waals surface area (Å²) in [6.45, 7) is 7.44. The van der Waals surface area contributed by atoms with E-state index in [1.165, 1.54) is 5.56 Å². The molecule has 0 spiro atoms. The van der Waals surface area contributed by atoms with Crippen molar-refractivity contribution in [2.45, 2.75) is 25.9 Å². The number of anilines is 4. The van der Waals surface area contributed by atoms with Crippen LogP contribution < -0.4 is 10.6 Å². The third kappa shape index (κ3) is 6.43. The van der Waals surface area contributed by atoms with Gasteiger partial charge in [-0.05, 0) is 49.6 Å². The van der Waals surface area contributed by atoms with Crippen LogP contribution >= 0.6 is 0 Å². The minimum atomic E-state index is -0.459. The lowest BCUT2D eigenvalue weighted by molar-refractivity contribution is 0.0384. The van der Waals surface area contributed by atoms with Crippen LogP contribution in [-0.4, -0.2) is 82.8 Å². The number of β-amino-alcohol motifs (C(OH)–C–C–N with tert-alkyl or cyclic N) is 1. The molecule has 0 radical (unpaired) electrons. The highest BCUT2D eigenvalue weighted by Crippen LogP contribution is 2.26. The fourth-order valence-corrected chi connectivity index (χ4v) is 4.68. The molecule has 0 bridgehead atoms. The first-order valence-corrected chi connectivity index (χ1v) is 12.9. The quantitative estimate of drug-likeness (QED) is 0.431. The largest absolute Gasteiger partial charge is 0.391 e. The lowest BCUT2D eigenvalue weighted by Gasteiger charge is -2.26. The first kappa shape index (κ1) is 25.1. The molecule has 9 nitrogen and oxygen atoms in total. The lowest BCUT2D eigenvalue weighted by Crippen LogP contribution is -2.37. The summed E-state index contributed by atoms with van der Waals surface area (Å²) in [4.78, 5) is 26.4. The summed E-state index contributed by atoms with van der Waals surface area (Å²) in [6.07, 6.45) is 2.88. The van der Waals surface area contributed by atoms with Crippen LogP contribution in [0, 0.1) is 6.92 Å². The summed E-state index contributed by atoms with van der Waals surface area (Å²) in [6, 6.07) is 15.7. The van der Waals surface area contributed by atoms with Crippen molar-refractivity contribution in [3.63, 3.8) is 0 Å². The van der Waals surface area contributed by atoms with Gasteiger partial charge in [0.2, 0.25) is 5.95 Å². The Kier molecular flexibility index (Phi) is 7.93. The number of hydrogen-bond acceptors (Lipinski definition) is 8. The zero-order valence-electron chi connectivity index (χ0n) is 21.2. The first-order valence-electron chi connectivity index (χ1n) is 12.9. The Balaban J connectivity index is 1.28. The molecule has 2 fully saturated rings. The molecular weight excluding hydrogens is 468 g/mol. The molecule has 0 saturated carbocycles. The second kappa shape index (κ2) is 11.7. The SMILES string of the molecule is Cc1cnc(Nc2cccc(CCN3CCOCC3)c2)nc1Nc1ccccc1C(=O)N1CC[C@@H](O)C1. The standard InChI is InChI=1S/C28H34N6O3/c1-20-18-29-28(30-22-6-4-5-21(17-22)9-11-33-13-15-37-16-14-33)32-26(20)31-25-8-3-2-7-24(25)27(36)34-12-10-23(35)19-34/h2-8,17-18,23,35H,9-16,19H2,1H3,(H2,29,30,31,32)/t23-/m1/s1. The van der Waals surface area contributed by atoms with E-state index in [1.807, 2.05) is 37.3 Å². The van der Waals surface area contributed by atoms with Crippen molar-refractivity contribution in [1.82, 2.24) is 19.8 Å². The zero-order chi connectivity index (χ0) is 25.6. The van der Waals surface area contributed by atoms with Crippen molar-refractivity contribution < 1.29 is 14.6 Å². The summed E-state index contributed by atoms with van der Waals surface area (Å²) in [7, 11) is 0. The number of carbonyl (C=O) groups excluding carboxylic acids is 1. The zero-order valence-corrected chi connectivity index (χ0v) is 21.2. The predicted octanol–water partition coefficient (Wildman–Crippen LogP) is 3.35. The molecule has 194 valence electrons. The third-order valence-electron chi connectivity index (χ3n) is 6.84. The van der Waals surface area contributed by atoms with Crippen molar-refractivity contribution in [3.8, 4) is 0 Å². The Morgan fingerprint density at radius 2 is 1.95 bits per heavy atom. The molecule has 1 aromatic heterocycles. The Morgan fingerprint density at radius 1 is 1.11 bits per heavy atom. The molecule has 2 aliphatic heterocycles. The summed E-state index contributed by atoms with van der Waals surface area (Å²) < 4.78 is 5.44. The summed E-state index contributed by atoms with van der Waals surface area (Å²) >= 11 is 0. The average molecular weight is 503 g/mol. The Hall–Kier alpha value is -3.53. The molecule has 3 heterocycles. The molecule has 2 aromatic carbocycles. The minimum absolute atomic E-state index is 0.0985. The molecule has 2 saturated heterocycles. The third-order valence-corrected chi connectivity index (χ3v) is 6.84. The predicted molar refractivity (Wildman–Crippen MR) is 144 cm³/mol. The fourth-order valence-electron chi connectivity index (χ4n) is 4.68. The highest BCUT2D eigenvalue weighted by Gasteiger charge is 2.27. The van der Waals surface area contributed by atoms with Crippen molar-refractivity contribution in [2.24, 2.45) is 0 Å². The maximum atomic E-state index is 13.1. The van der Waals surface area contributed by atoms with Crippen LogP contribution in [-0.2, 0) is 11.2 Å². The van der Waals surface area contributed by atoms with E-state index in [2.05, 4.69) is 32.7 Å². The average Bonchev–Trinajstić information content (AvgIpc) is 3.36. The lowest BCUT2D eigenvalue weighted by atomic mass is 10.1. The molecule has 2 aliphatic rings. The van der Waals surface area contributed by atoms with Crippen LogP contribution in [0.3, 0.4) is 0 Å². The number of hydrogen-bond donors (Lipinski definition) is 3. The molecule has 1 atom stereocenters. The highest BCUT2D eigenvalue weighted by atomic mass is 16.5. The Morgan fingerprint density at radius 3 is 2.76 bits per heavy atom. The van der Waals surface area contributed by atoms with Gasteiger partial charge in [0.15, 0.2) is 0 Å². The van der Waals surface area contributed by atoms with Crippen LogP contribution in [0.25, 0.3) is 0 Å². The number of aryl methyl sites for hydroxylation is 1. The van der Waals surface area contributed by atoms with Crippen molar-refractivity contribution in [1.29, 1.82) is 0 Å². The van der Waals surface area contributed by atoms with Gasteiger partial charge in [-0.3, -0.25) is 9.69 Å². The van der Waals surface area contributed by atoms with E-state index in [0.717, 1.165) is 50.5 Å². The molecule has 1 amide bonds. The maximum Gasteiger partial charge on any atom is 0.256 e. The number of carbonyl (C=O) groups is 1. The first-order chi connectivity index (χ1) is 18.0. The van der Waals surface area contributed by atoms with Gasteiger partial charge in [0.1, 0.15) is 5.82 Å². The van der Waals surface area contributed by atoms with Gasteiger partial charge in [0.05, 0.1) is 30.6 Å². The van der Waals surface area contributed by atoms with Gasteiger partial charge in [-0.25, -0.2) is 4.98 Å². The van der Waals surface area contributed by atoms with Gasteiger partial charge in [-0.1, -0.05) is 24.3 Å². The number of benzene rings is 2. The summed E-state index contributed by atoms with van der Waals surface area (Å²) in [5, 5.41) is 16.5. The van der Waals surface area contributed by atoms with Crippen LogP contribution in [0.5, 0.6) is 0 Å². The Labute approximate surface area is 217 Å². The number of rotatable bonds is 8. The van der Waals surface area contributed by atoms with Crippen molar-refractivity contribution >= 4 is 29.0 Å². The van der Waals surface area contributed by atoms with Gasteiger partial charge in [-0.15, -0.1) is 0 Å². The highest BCUT2D eigenvalue weighted by molar-refractivity contribution is 6.00. The molecular formula is C28H34N6O3. The molecule has 0 aliphatic carbocycles. The van der Waals surface area contributed by atoms with Crippen LogP contribution in [0.1, 0.15) is 27.9 Å². The van der Waals surface area contributed by atoms with Crippen molar-refractivity contribution in [2.75, 3.05) is 56.6 Å². The number of aliphatic hydroxyl groups is 1. The molecule has 3 aromatic rings. The van der Waals surface area contributed by atoms with E-state index < -0.39 is 6.10 Å². The van der Waals surface area contributed by atoms with Crippen LogP contribution in [0.4, 0.5) is 23.1 Å². The van der Waals surface area contributed by atoms with E-state index in [4.69, 9.17) is 9.72 Å². The number of morpholine rings is 1. The van der Waals surface area contributed by atoms with Crippen LogP contribution in [0.15, 0.2) is 54.7 Å². The molecule has 3 N–H and O–H groups in total. The number of aromatic nitrogens is 2. The van der Waals surface area contributed by atoms with Crippen molar-refractivity contribution in [3.05, 3.63) is 71.4 Å². The van der Waals surface area contributed by atoms with E-state index in [9.17, 15) is 9.90 Å². The van der Waals surface area contributed by atoms with Gasteiger partial charge < -0.3 is 25.4 Å². The number of nitrogens with one attached hydrogen (secondary N) is 2. The topological polar surface area (TPSA) is 103 Å². The molecule has 37 heavy (non-hydrogen) atoms. The van der Waals surface area contributed by atoms with Gasteiger partial charge >= 0.3 is 0 Å². The van der Waals surface area contributed by atoms with E-state index in [1.54, 1.807) is 17.2 Å². The number of nitrogens with zero attached hydrogens (tertiary/aromatic N) is 4. The monoisotopic (exact) mass is 502 g/mol. The maximum absolute atomic E-state index is 13.1. The number of aliphatic hydroxyl groups excluding tert-OH is 1. The van der Waals surface area contributed by atoms with Gasteiger partial charge in [0.25, 0.3) is 5.91 Å². The molecule has 0 unspecified atom stereocenters. The summed E-state index contributed by atoms with van der Waals surface area (Å²) in [5.74, 6) is 1.01. The summed E-state index contributed by atoms with van der Waals surface area (Å²) in [5.41, 5.74) is 4.27. The second-order valence-corrected chi connectivity index (χ2v) is 9.62. The Bertz CT molecular complexity index is 1230. The number of likely N-dealkylation sites (tertiary alicyclic amines) is 1. The number of ether oxygens (including phenoxy) is 1. The smallest absolute Gasteiger partial charge is 0.256 e. The minimum Gasteiger partial charge on any atom is -0.391 e. The van der Waals surface area contributed by atoms with E-state index >= 15 is 0 Å². The van der Waals surface area contributed by atoms with Gasteiger partial charge in [-0.2, -0.15) is 4.98 Å². The number of amides is 1. The second-order valence-electron chi connectivity index (χ2n) is 9.62. The fraction of sp³-hybridized carbons (Fsp3) is 0.393. The van der Waals surface area contributed by atoms with Gasteiger partial charge in [0, 0.05) is 50.2 Å². The van der Waals surface area contributed by atoms with E-state index in [-0.39, 0.29) is 5.91 Å². The van der Waals surface area contributed by atoms with E-state index in [0.29, 0.717) is 42.5 Å². The number of para-hydroxylation sites is 1.